The predicted molar refractivity (Wildman–Crippen MR) is 79.3 cm³/mol. The number of sulfonamides is 1. The summed E-state index contributed by atoms with van der Waals surface area (Å²) in [6, 6.07) is 8.79. The van der Waals surface area contributed by atoms with Crippen LogP contribution in [0.3, 0.4) is 0 Å². The van der Waals surface area contributed by atoms with Gasteiger partial charge in [0.2, 0.25) is 10.0 Å². The smallest absolute Gasteiger partial charge is 0.303 e. The molecule has 0 aliphatic heterocycles. The molecule has 6 heteroatoms. The van der Waals surface area contributed by atoms with Gasteiger partial charge in [-0.1, -0.05) is 32.0 Å². The Kier molecular flexibility index (Phi) is 6.01. The molecule has 0 unspecified atom stereocenters. The Morgan fingerprint density at radius 2 is 1.85 bits per heavy atom. The van der Waals surface area contributed by atoms with Crippen molar-refractivity contribution in [2.24, 2.45) is 5.92 Å². The summed E-state index contributed by atoms with van der Waals surface area (Å²) in [4.78, 5) is 10.6. The molecular formula is C14H21NO4S. The van der Waals surface area contributed by atoms with Gasteiger partial charge < -0.3 is 5.11 Å². The van der Waals surface area contributed by atoms with Crippen molar-refractivity contribution in [1.82, 2.24) is 0 Å². The monoisotopic (exact) mass is 299 g/mol. The topological polar surface area (TPSA) is 74.7 Å². The van der Waals surface area contributed by atoms with Crippen molar-refractivity contribution in [1.29, 1.82) is 0 Å². The maximum absolute atomic E-state index is 12.4. The van der Waals surface area contributed by atoms with E-state index in [0.717, 1.165) is 0 Å². The standard InChI is InChI=1S/C14H21NO4S/c1-12(2)11-20(18,19)15(10-6-9-14(16)17)13-7-4-3-5-8-13/h3-5,7-8,12H,6,9-11H2,1-2H3,(H,16,17). The molecule has 1 N–H and O–H groups in total. The number of carboxylic acids is 1. The lowest BCUT2D eigenvalue weighted by molar-refractivity contribution is -0.137. The molecule has 0 radical (unpaired) electrons. The molecule has 112 valence electrons. The molecule has 0 saturated heterocycles. The van der Waals surface area contributed by atoms with Crippen LogP contribution < -0.4 is 4.31 Å². The van der Waals surface area contributed by atoms with Crippen LogP contribution in [0.5, 0.6) is 0 Å². The highest BCUT2D eigenvalue weighted by Crippen LogP contribution is 2.20. The van der Waals surface area contributed by atoms with Crippen molar-refractivity contribution in [3.63, 3.8) is 0 Å². The number of hydrogen-bond donors (Lipinski definition) is 1. The van der Waals surface area contributed by atoms with Crippen LogP contribution in [-0.2, 0) is 14.8 Å². The molecule has 1 aromatic rings. The summed E-state index contributed by atoms with van der Waals surface area (Å²) in [5.41, 5.74) is 0.582. The highest BCUT2D eigenvalue weighted by atomic mass is 32.2. The molecule has 0 amide bonds. The van der Waals surface area contributed by atoms with Gasteiger partial charge in [0, 0.05) is 13.0 Å². The summed E-state index contributed by atoms with van der Waals surface area (Å²) in [5, 5.41) is 8.68. The Hall–Kier alpha value is -1.56. The van der Waals surface area contributed by atoms with Crippen molar-refractivity contribution in [2.75, 3.05) is 16.6 Å². The SMILES string of the molecule is CC(C)CS(=O)(=O)N(CCCC(=O)O)c1ccccc1. The first kappa shape index (κ1) is 16.5. The largest absolute Gasteiger partial charge is 0.481 e. The molecule has 1 aromatic carbocycles. The zero-order valence-electron chi connectivity index (χ0n) is 11.8. The number of anilines is 1. The van der Waals surface area contributed by atoms with E-state index in [4.69, 9.17) is 5.11 Å². The molecule has 0 atom stereocenters. The highest BCUT2D eigenvalue weighted by molar-refractivity contribution is 7.92. The molecule has 0 bridgehead atoms. The van der Waals surface area contributed by atoms with Crippen LogP contribution in [-0.4, -0.2) is 31.8 Å². The van der Waals surface area contributed by atoms with Crippen LogP contribution in [0.15, 0.2) is 30.3 Å². The van der Waals surface area contributed by atoms with Crippen molar-refractivity contribution in [2.45, 2.75) is 26.7 Å². The van der Waals surface area contributed by atoms with Crippen LogP contribution >= 0.6 is 0 Å². The van der Waals surface area contributed by atoms with Gasteiger partial charge in [0.05, 0.1) is 11.4 Å². The quantitative estimate of drug-likeness (QED) is 0.799. The molecule has 1 rings (SSSR count). The third-order valence-electron chi connectivity index (χ3n) is 2.68. The van der Waals surface area contributed by atoms with Gasteiger partial charge in [-0.2, -0.15) is 0 Å². The van der Waals surface area contributed by atoms with Crippen LogP contribution in [0.1, 0.15) is 26.7 Å². The van der Waals surface area contributed by atoms with Crippen molar-refractivity contribution in [3.05, 3.63) is 30.3 Å². The third-order valence-corrected chi connectivity index (χ3v) is 4.83. The summed E-state index contributed by atoms with van der Waals surface area (Å²) < 4.78 is 26.1. The Morgan fingerprint density at radius 1 is 1.25 bits per heavy atom. The lowest BCUT2D eigenvalue weighted by atomic mass is 10.3. The average Bonchev–Trinajstić information content (AvgIpc) is 2.33. The minimum Gasteiger partial charge on any atom is -0.481 e. The van der Waals surface area contributed by atoms with Crippen LogP contribution in [0.4, 0.5) is 5.69 Å². The van der Waals surface area contributed by atoms with Gasteiger partial charge in [0.25, 0.3) is 0 Å². The number of carboxylic acid groups (broad SMARTS) is 1. The van der Waals surface area contributed by atoms with E-state index in [-0.39, 0.29) is 24.6 Å². The van der Waals surface area contributed by atoms with Gasteiger partial charge in [-0.15, -0.1) is 0 Å². The van der Waals surface area contributed by atoms with Crippen molar-refractivity contribution < 1.29 is 18.3 Å². The van der Waals surface area contributed by atoms with E-state index in [1.165, 1.54) is 4.31 Å². The van der Waals surface area contributed by atoms with Gasteiger partial charge in [0.1, 0.15) is 0 Å². The van der Waals surface area contributed by atoms with Crippen molar-refractivity contribution in [3.8, 4) is 0 Å². The molecule has 0 aliphatic carbocycles. The van der Waals surface area contributed by atoms with E-state index < -0.39 is 16.0 Å². The number of aliphatic carboxylic acids is 1. The highest BCUT2D eigenvalue weighted by Gasteiger charge is 2.23. The average molecular weight is 299 g/mol. The van der Waals surface area contributed by atoms with Gasteiger partial charge in [-0.3, -0.25) is 9.10 Å². The second-order valence-electron chi connectivity index (χ2n) is 5.08. The summed E-state index contributed by atoms with van der Waals surface area (Å²) in [6.45, 7) is 3.88. The molecule has 0 aliphatic rings. The van der Waals surface area contributed by atoms with Gasteiger partial charge in [-0.25, -0.2) is 8.42 Å². The van der Waals surface area contributed by atoms with Crippen LogP contribution in [0.2, 0.25) is 0 Å². The number of carbonyl (C=O) groups is 1. The maximum atomic E-state index is 12.4. The minimum atomic E-state index is -3.43. The second-order valence-corrected chi connectivity index (χ2v) is 7.02. The summed E-state index contributed by atoms with van der Waals surface area (Å²) in [7, 11) is -3.43. The van der Waals surface area contributed by atoms with E-state index in [1.54, 1.807) is 24.3 Å². The molecule has 0 fully saturated rings. The molecule has 0 saturated carbocycles. The first-order chi connectivity index (χ1) is 9.33. The Balaban J connectivity index is 2.93. The van der Waals surface area contributed by atoms with E-state index >= 15 is 0 Å². The van der Waals surface area contributed by atoms with E-state index in [9.17, 15) is 13.2 Å². The number of hydrogen-bond acceptors (Lipinski definition) is 3. The minimum absolute atomic E-state index is 0.0192. The fraction of sp³-hybridized carbons (Fsp3) is 0.500. The van der Waals surface area contributed by atoms with Crippen LogP contribution in [0.25, 0.3) is 0 Å². The normalized spacial score (nSPS) is 11.6. The Labute approximate surface area is 120 Å². The molecule has 0 aromatic heterocycles. The maximum Gasteiger partial charge on any atom is 0.303 e. The number of rotatable bonds is 8. The van der Waals surface area contributed by atoms with Gasteiger partial charge in [0.15, 0.2) is 0 Å². The van der Waals surface area contributed by atoms with Gasteiger partial charge >= 0.3 is 5.97 Å². The Morgan fingerprint density at radius 3 is 2.35 bits per heavy atom. The van der Waals surface area contributed by atoms with Crippen LogP contribution in [0, 0.1) is 5.92 Å². The summed E-state index contributed by atoms with van der Waals surface area (Å²) >= 11 is 0. The first-order valence-electron chi connectivity index (χ1n) is 6.60. The zero-order chi connectivity index (χ0) is 15.2. The molecule has 0 heterocycles. The number of benzene rings is 1. The molecule has 0 spiro atoms. The number of nitrogens with zero attached hydrogens (tertiary/aromatic N) is 1. The predicted octanol–water partition coefficient (Wildman–Crippen LogP) is 2.34. The fourth-order valence-electron chi connectivity index (χ4n) is 1.91. The lowest BCUT2D eigenvalue weighted by Crippen LogP contribution is -2.35. The molecular weight excluding hydrogens is 278 g/mol. The third kappa shape index (κ3) is 5.21. The lowest BCUT2D eigenvalue weighted by Gasteiger charge is -2.25. The fourth-order valence-corrected chi connectivity index (χ4v) is 3.78. The summed E-state index contributed by atoms with van der Waals surface area (Å²) in [5.74, 6) is -0.848. The van der Waals surface area contributed by atoms with E-state index in [0.29, 0.717) is 12.1 Å². The number of para-hydroxylation sites is 1. The van der Waals surface area contributed by atoms with E-state index in [2.05, 4.69) is 0 Å². The first-order valence-corrected chi connectivity index (χ1v) is 8.21. The summed E-state index contributed by atoms with van der Waals surface area (Å²) in [6.07, 6.45) is 0.252. The van der Waals surface area contributed by atoms with E-state index in [1.807, 2.05) is 19.9 Å². The zero-order valence-corrected chi connectivity index (χ0v) is 12.6. The second kappa shape index (κ2) is 7.28. The molecule has 5 nitrogen and oxygen atoms in total. The van der Waals surface area contributed by atoms with Gasteiger partial charge in [-0.05, 0) is 24.5 Å². The van der Waals surface area contributed by atoms with Crippen molar-refractivity contribution >= 4 is 21.7 Å². The Bertz CT molecular complexity index is 525. The molecule has 20 heavy (non-hydrogen) atoms.